The van der Waals surface area contributed by atoms with Gasteiger partial charge in [0.05, 0.1) is 0 Å². The first kappa shape index (κ1) is 22.1. The highest BCUT2D eigenvalue weighted by Crippen LogP contribution is 2.34. The number of halogens is 1. The van der Waals surface area contributed by atoms with Crippen LogP contribution >= 0.6 is 20.7 Å². The van der Waals surface area contributed by atoms with Gasteiger partial charge >= 0.3 is 0 Å². The van der Waals surface area contributed by atoms with Crippen molar-refractivity contribution in [2.75, 3.05) is 0 Å². The van der Waals surface area contributed by atoms with E-state index >= 15 is 0 Å². The highest BCUT2D eigenvalue weighted by atomic mass is 127. The average Bonchev–Trinajstić information content (AvgIpc) is 3.35. The quantitative estimate of drug-likeness (QED) is 0.190. The van der Waals surface area contributed by atoms with Crippen molar-refractivity contribution in [1.82, 2.24) is 0 Å². The van der Waals surface area contributed by atoms with Gasteiger partial charge in [0.1, 0.15) is 18.5 Å². The largest absolute Gasteiger partial charge is 0.456 e. The van der Waals surface area contributed by atoms with Crippen LogP contribution < -0.4 is 0 Å². The first-order chi connectivity index (χ1) is 18.3. The normalized spacial score (nSPS) is 13.6. The Labute approximate surface area is 224 Å². The number of hydrogen-bond donors (Lipinski definition) is 0. The molecule has 0 N–H and O–H groups in total. The minimum Gasteiger partial charge on any atom is -0.456 e. The highest BCUT2D eigenvalue weighted by molar-refractivity contribution is 14.2. The van der Waals surface area contributed by atoms with Gasteiger partial charge < -0.3 is 4.42 Å². The average molecular weight is 588 g/mol. The third-order valence-corrected chi connectivity index (χ3v) is 9.20. The lowest BCUT2D eigenvalue weighted by Crippen LogP contribution is -2.11. The van der Waals surface area contributed by atoms with Crippen molar-refractivity contribution in [3.8, 4) is 11.1 Å². The third-order valence-electron chi connectivity index (χ3n) is 6.45. The summed E-state index contributed by atoms with van der Waals surface area (Å²) >= 11 is -0.573. The van der Waals surface area contributed by atoms with Gasteiger partial charge in [0.15, 0.2) is 5.84 Å². The van der Waals surface area contributed by atoms with Crippen molar-refractivity contribution in [2.45, 2.75) is 0 Å². The lowest BCUT2D eigenvalue weighted by molar-refractivity contribution is 0.669. The Kier molecular flexibility index (Phi) is 5.59. The molecule has 6 aromatic rings. The van der Waals surface area contributed by atoms with Crippen LogP contribution in [0.15, 0.2) is 142 Å². The Balaban J connectivity index is 1.34. The molecule has 0 radical (unpaired) electrons. The minimum absolute atomic E-state index is 0.573. The molecule has 37 heavy (non-hydrogen) atoms. The molecule has 0 amide bonds. The number of nitrogens with zero attached hydrogens (tertiary/aromatic N) is 2. The monoisotopic (exact) mass is 588 g/mol. The van der Waals surface area contributed by atoms with Crippen LogP contribution in [0.2, 0.25) is 0 Å². The number of amidine groups is 1. The Bertz CT molecular complexity index is 1810. The molecule has 2 heterocycles. The van der Waals surface area contributed by atoms with E-state index in [0.29, 0.717) is 0 Å². The van der Waals surface area contributed by atoms with Gasteiger partial charge in [0.25, 0.3) is 0 Å². The Morgan fingerprint density at radius 1 is 0.459 bits per heavy atom. The molecule has 0 unspecified atom stereocenters. The zero-order valence-electron chi connectivity index (χ0n) is 19.8. The van der Waals surface area contributed by atoms with Gasteiger partial charge in [-0.1, -0.05) is 103 Å². The Morgan fingerprint density at radius 3 is 1.65 bits per heavy atom. The molecule has 3 nitrogen and oxygen atoms in total. The number of rotatable bonds is 4. The smallest absolute Gasteiger partial charge is 0.161 e. The lowest BCUT2D eigenvalue weighted by Gasteiger charge is -2.13. The van der Waals surface area contributed by atoms with Crippen LogP contribution in [0.3, 0.4) is 0 Å². The molecule has 0 saturated carbocycles. The van der Waals surface area contributed by atoms with Crippen LogP contribution in [0, 0.1) is 0 Å². The van der Waals surface area contributed by atoms with Gasteiger partial charge in [-0.2, -0.15) is 0 Å². The second-order valence-corrected chi connectivity index (χ2v) is 11.4. The number of hydrogen-bond acceptors (Lipinski definition) is 3. The molecule has 0 spiro atoms. The molecule has 7 rings (SSSR count). The fourth-order valence-corrected chi connectivity index (χ4v) is 7.08. The summed E-state index contributed by atoms with van der Waals surface area (Å²) in [5.41, 5.74) is 7.40. The van der Waals surface area contributed by atoms with Gasteiger partial charge in [0.2, 0.25) is 0 Å². The molecule has 5 aromatic carbocycles. The molecule has 0 fully saturated rings. The van der Waals surface area contributed by atoms with Gasteiger partial charge in [-0.05, 0) is 56.1 Å². The topological polar surface area (TPSA) is 37.9 Å². The predicted molar refractivity (Wildman–Crippen MR) is 163 cm³/mol. The minimum atomic E-state index is -0.573. The van der Waals surface area contributed by atoms with Crippen LogP contribution in [0.1, 0.15) is 16.7 Å². The molecule has 0 atom stereocenters. The first-order valence-electron chi connectivity index (χ1n) is 12.1. The summed E-state index contributed by atoms with van der Waals surface area (Å²) in [6.07, 6.45) is 0. The highest BCUT2D eigenvalue weighted by Gasteiger charge is 2.17. The van der Waals surface area contributed by atoms with E-state index in [0.717, 1.165) is 57.4 Å². The summed E-state index contributed by atoms with van der Waals surface area (Å²) < 4.78 is 8.61. The summed E-state index contributed by atoms with van der Waals surface area (Å²) in [4.78, 5) is 10.1. The summed E-state index contributed by atoms with van der Waals surface area (Å²) in [7, 11) is 0. The first-order valence-corrected chi connectivity index (χ1v) is 14.3. The molecule has 0 bridgehead atoms. The molecule has 1 aliphatic heterocycles. The summed E-state index contributed by atoms with van der Waals surface area (Å²) in [6, 6.07) is 44.0. The number of furan rings is 1. The molecule has 0 aliphatic carbocycles. The van der Waals surface area contributed by atoms with Crippen molar-refractivity contribution in [3.05, 3.63) is 144 Å². The standard InChI is InChI=1S/C33H21IN2O/c1-4-10-22(11-5-1)25-16-18-27-28-19-17-26(21-30(28)37-29(27)20-25)32-34-31(23-12-6-2-7-13-23)35-33(36-32)24-14-8-3-9-15-24/h1-21H. The molecule has 4 heteroatoms. The zero-order valence-corrected chi connectivity index (χ0v) is 22.0. The van der Waals surface area contributed by atoms with E-state index in [1.807, 2.05) is 30.3 Å². The van der Waals surface area contributed by atoms with E-state index < -0.39 is 20.7 Å². The third kappa shape index (κ3) is 4.23. The number of benzene rings is 5. The second-order valence-electron chi connectivity index (χ2n) is 8.85. The van der Waals surface area contributed by atoms with Gasteiger partial charge in [0, 0.05) is 27.5 Å². The molecule has 0 saturated heterocycles. The lowest BCUT2D eigenvalue weighted by atomic mass is 10.0. The Morgan fingerprint density at radius 2 is 1.00 bits per heavy atom. The molecular formula is C33H21IN2O. The van der Waals surface area contributed by atoms with E-state index in [-0.39, 0.29) is 0 Å². The molecule has 176 valence electrons. The molecular weight excluding hydrogens is 567 g/mol. The van der Waals surface area contributed by atoms with Crippen molar-refractivity contribution in [2.24, 2.45) is 9.98 Å². The van der Waals surface area contributed by atoms with E-state index in [9.17, 15) is 0 Å². The van der Waals surface area contributed by atoms with E-state index in [1.54, 1.807) is 0 Å². The van der Waals surface area contributed by atoms with Crippen LogP contribution in [-0.2, 0) is 0 Å². The maximum Gasteiger partial charge on any atom is 0.161 e. The van der Waals surface area contributed by atoms with Crippen molar-refractivity contribution in [3.63, 3.8) is 0 Å². The van der Waals surface area contributed by atoms with Crippen molar-refractivity contribution in [1.29, 1.82) is 0 Å². The van der Waals surface area contributed by atoms with Crippen molar-refractivity contribution >= 4 is 55.9 Å². The molecule has 1 aromatic heterocycles. The van der Waals surface area contributed by atoms with Gasteiger partial charge in [-0.3, -0.25) is 0 Å². The summed E-state index contributed by atoms with van der Waals surface area (Å²) in [5.74, 6) is 0.762. The maximum absolute atomic E-state index is 6.39. The fourth-order valence-electron chi connectivity index (χ4n) is 4.58. The van der Waals surface area contributed by atoms with E-state index in [4.69, 9.17) is 14.4 Å². The predicted octanol–water partition coefficient (Wildman–Crippen LogP) is 8.61. The number of fused-ring (bicyclic) bond motifs is 3. The summed E-state index contributed by atoms with van der Waals surface area (Å²) in [6.45, 7) is 0. The maximum atomic E-state index is 6.39. The van der Waals surface area contributed by atoms with Crippen molar-refractivity contribution < 1.29 is 4.42 Å². The number of aliphatic imine (C=N–C) groups is 2. The van der Waals surface area contributed by atoms with Crippen LogP contribution in [-0.4, -0.2) is 13.2 Å². The SMILES string of the molecule is c1ccc(C2=NC(c3ccccc3)=IC(c3ccc4c(c3)oc3cc(-c5ccccc5)ccc34)=N2)cc1. The van der Waals surface area contributed by atoms with Crippen LogP contribution in [0.5, 0.6) is 0 Å². The van der Waals surface area contributed by atoms with Crippen LogP contribution in [0.4, 0.5) is 0 Å². The van der Waals surface area contributed by atoms with E-state index in [2.05, 4.69) is 97.1 Å². The summed E-state index contributed by atoms with van der Waals surface area (Å²) in [5, 5.41) is 2.25. The molecule has 1 aliphatic rings. The van der Waals surface area contributed by atoms with Gasteiger partial charge in [-0.15, -0.1) is 0 Å². The fraction of sp³-hybridized carbons (Fsp3) is 0. The van der Waals surface area contributed by atoms with E-state index in [1.165, 1.54) is 5.56 Å². The Hall–Kier alpha value is -4.16. The van der Waals surface area contributed by atoms with Gasteiger partial charge in [-0.25, -0.2) is 9.98 Å². The van der Waals surface area contributed by atoms with Crippen LogP contribution in [0.25, 0.3) is 33.1 Å². The zero-order chi connectivity index (χ0) is 24.6. The second kappa shape index (κ2) is 9.37.